The number of amides is 1. The summed E-state index contributed by atoms with van der Waals surface area (Å²) in [6, 6.07) is 10.1. The summed E-state index contributed by atoms with van der Waals surface area (Å²) in [6.07, 6.45) is 1.82. The Morgan fingerprint density at radius 2 is 2.11 bits per heavy atom. The Kier molecular flexibility index (Phi) is 3.09. The monoisotopic (exact) mass is 276 g/mol. The average molecular weight is 276 g/mol. The summed E-state index contributed by atoms with van der Waals surface area (Å²) < 4.78 is 0. The first kappa shape index (κ1) is 11.7. The highest BCUT2D eigenvalue weighted by Crippen LogP contribution is 2.42. The first-order valence-corrected chi connectivity index (χ1v) is 7.53. The van der Waals surface area contributed by atoms with E-state index in [9.17, 15) is 4.79 Å². The molecule has 0 aliphatic carbocycles. The van der Waals surface area contributed by atoms with Gasteiger partial charge in [-0.25, -0.2) is 4.98 Å². The minimum absolute atomic E-state index is 0.0595. The van der Waals surface area contributed by atoms with Gasteiger partial charge in [-0.1, -0.05) is 30.3 Å². The van der Waals surface area contributed by atoms with E-state index < -0.39 is 0 Å². The van der Waals surface area contributed by atoms with Crippen LogP contribution in [0.25, 0.3) is 0 Å². The Balaban J connectivity index is 1.98. The largest absolute Gasteiger partial charge is 0.273 e. The summed E-state index contributed by atoms with van der Waals surface area (Å²) in [7, 11) is 0. The van der Waals surface area contributed by atoms with Crippen LogP contribution in [-0.4, -0.2) is 16.6 Å². The van der Waals surface area contributed by atoms with Gasteiger partial charge in [0.25, 0.3) is 0 Å². The second-order valence-electron chi connectivity index (χ2n) is 4.09. The van der Waals surface area contributed by atoms with Gasteiger partial charge < -0.3 is 0 Å². The fourth-order valence-electron chi connectivity index (χ4n) is 1.95. The SMILES string of the molecule is Cc1cnc(N2C(=O)CS[C@@H]2c2ccccc2)s1. The highest BCUT2D eigenvalue weighted by Gasteiger charge is 2.35. The Labute approximate surface area is 114 Å². The molecule has 3 nitrogen and oxygen atoms in total. The van der Waals surface area contributed by atoms with Gasteiger partial charge in [0.1, 0.15) is 5.37 Å². The number of anilines is 1. The van der Waals surface area contributed by atoms with E-state index in [0.717, 1.165) is 15.6 Å². The highest BCUT2D eigenvalue weighted by molar-refractivity contribution is 8.00. The highest BCUT2D eigenvalue weighted by atomic mass is 32.2. The Morgan fingerprint density at radius 1 is 1.33 bits per heavy atom. The van der Waals surface area contributed by atoms with Crippen LogP contribution in [0.4, 0.5) is 5.13 Å². The Bertz CT molecular complexity index is 567. The molecule has 2 heterocycles. The minimum Gasteiger partial charge on any atom is -0.273 e. The average Bonchev–Trinajstić information content (AvgIpc) is 2.96. The molecule has 1 amide bonds. The molecule has 3 rings (SSSR count). The molecule has 5 heteroatoms. The lowest BCUT2D eigenvalue weighted by Gasteiger charge is -2.21. The fourth-order valence-corrected chi connectivity index (χ4v) is 3.98. The number of nitrogens with zero attached hydrogens (tertiary/aromatic N) is 2. The second kappa shape index (κ2) is 4.74. The van der Waals surface area contributed by atoms with E-state index in [1.165, 1.54) is 0 Å². The van der Waals surface area contributed by atoms with Gasteiger partial charge in [0.15, 0.2) is 5.13 Å². The molecule has 1 aliphatic heterocycles. The van der Waals surface area contributed by atoms with Crippen LogP contribution < -0.4 is 4.90 Å². The zero-order valence-corrected chi connectivity index (χ0v) is 11.5. The summed E-state index contributed by atoms with van der Waals surface area (Å²) in [5, 5.41) is 0.862. The van der Waals surface area contributed by atoms with Gasteiger partial charge in [-0.15, -0.1) is 23.1 Å². The van der Waals surface area contributed by atoms with Crippen molar-refractivity contribution in [3.8, 4) is 0 Å². The van der Waals surface area contributed by atoms with E-state index in [0.29, 0.717) is 5.75 Å². The molecule has 1 aromatic heterocycles. The van der Waals surface area contributed by atoms with E-state index in [-0.39, 0.29) is 11.3 Å². The lowest BCUT2D eigenvalue weighted by atomic mass is 10.2. The number of hydrogen-bond donors (Lipinski definition) is 0. The third kappa shape index (κ3) is 2.04. The molecule has 1 atom stereocenters. The van der Waals surface area contributed by atoms with Crippen molar-refractivity contribution in [3.05, 3.63) is 47.0 Å². The maximum absolute atomic E-state index is 12.0. The third-order valence-electron chi connectivity index (χ3n) is 2.77. The van der Waals surface area contributed by atoms with Crippen molar-refractivity contribution < 1.29 is 4.79 Å². The molecule has 0 radical (unpaired) electrons. The van der Waals surface area contributed by atoms with Crippen LogP contribution >= 0.6 is 23.1 Å². The topological polar surface area (TPSA) is 33.2 Å². The van der Waals surface area contributed by atoms with Crippen LogP contribution in [0.1, 0.15) is 15.8 Å². The van der Waals surface area contributed by atoms with Gasteiger partial charge in [-0.2, -0.15) is 0 Å². The number of aryl methyl sites for hydroxylation is 1. The van der Waals surface area contributed by atoms with Gasteiger partial charge >= 0.3 is 0 Å². The number of rotatable bonds is 2. The molecule has 1 aliphatic rings. The molecule has 18 heavy (non-hydrogen) atoms. The molecule has 1 fully saturated rings. The summed E-state index contributed by atoms with van der Waals surface area (Å²) in [5.41, 5.74) is 1.15. The van der Waals surface area contributed by atoms with Gasteiger partial charge in [0.05, 0.1) is 5.75 Å². The fraction of sp³-hybridized carbons (Fsp3) is 0.231. The normalized spacial score (nSPS) is 19.5. The number of benzene rings is 1. The zero-order chi connectivity index (χ0) is 12.5. The van der Waals surface area contributed by atoms with Crippen LogP contribution in [0, 0.1) is 6.92 Å². The molecule has 0 unspecified atom stereocenters. The summed E-state index contributed by atoms with van der Waals surface area (Å²) in [5.74, 6) is 0.668. The maximum atomic E-state index is 12.0. The number of carbonyl (C=O) groups excluding carboxylic acids is 1. The van der Waals surface area contributed by atoms with Crippen molar-refractivity contribution in [1.82, 2.24) is 4.98 Å². The standard InChI is InChI=1S/C13H12N2OS2/c1-9-7-14-13(18-9)15-11(16)8-17-12(15)10-5-3-2-4-6-10/h2-7,12H,8H2,1H3/t12-/m1/s1. The van der Waals surface area contributed by atoms with Crippen LogP contribution in [0.15, 0.2) is 36.5 Å². The van der Waals surface area contributed by atoms with Crippen molar-refractivity contribution in [2.24, 2.45) is 0 Å². The lowest BCUT2D eigenvalue weighted by molar-refractivity contribution is -0.115. The maximum Gasteiger partial charge on any atom is 0.240 e. The Hall–Kier alpha value is -1.33. The van der Waals surface area contributed by atoms with Crippen LogP contribution in [-0.2, 0) is 4.79 Å². The predicted octanol–water partition coefficient (Wildman–Crippen LogP) is 3.23. The molecule has 0 spiro atoms. The molecule has 0 N–H and O–H groups in total. The van der Waals surface area contributed by atoms with Gasteiger partial charge in [0, 0.05) is 11.1 Å². The first-order chi connectivity index (χ1) is 8.75. The number of thioether (sulfide) groups is 1. The van der Waals surface area contributed by atoms with E-state index in [1.807, 2.05) is 36.2 Å². The van der Waals surface area contributed by atoms with Crippen LogP contribution in [0.5, 0.6) is 0 Å². The van der Waals surface area contributed by atoms with Gasteiger partial charge in [0.2, 0.25) is 5.91 Å². The van der Waals surface area contributed by atoms with E-state index in [1.54, 1.807) is 23.1 Å². The summed E-state index contributed by atoms with van der Waals surface area (Å²) in [4.78, 5) is 19.3. The smallest absolute Gasteiger partial charge is 0.240 e. The lowest BCUT2D eigenvalue weighted by Crippen LogP contribution is -2.27. The number of aromatic nitrogens is 1. The van der Waals surface area contributed by atoms with Crippen molar-refractivity contribution in [2.45, 2.75) is 12.3 Å². The minimum atomic E-state index is 0.0595. The van der Waals surface area contributed by atoms with Crippen LogP contribution in [0.2, 0.25) is 0 Å². The Morgan fingerprint density at radius 3 is 2.78 bits per heavy atom. The summed E-state index contributed by atoms with van der Waals surface area (Å²) in [6.45, 7) is 2.01. The van der Waals surface area contributed by atoms with E-state index in [2.05, 4.69) is 17.1 Å². The van der Waals surface area contributed by atoms with Crippen molar-refractivity contribution in [1.29, 1.82) is 0 Å². The molecular formula is C13H12N2OS2. The quantitative estimate of drug-likeness (QED) is 0.844. The van der Waals surface area contributed by atoms with E-state index >= 15 is 0 Å². The molecule has 92 valence electrons. The van der Waals surface area contributed by atoms with Crippen LogP contribution in [0.3, 0.4) is 0 Å². The third-order valence-corrected chi connectivity index (χ3v) is 4.89. The number of thiazole rings is 1. The van der Waals surface area contributed by atoms with Crippen molar-refractivity contribution in [2.75, 3.05) is 10.7 Å². The first-order valence-electron chi connectivity index (χ1n) is 5.67. The molecule has 2 aromatic rings. The van der Waals surface area contributed by atoms with E-state index in [4.69, 9.17) is 0 Å². The molecule has 1 aromatic carbocycles. The molecule has 0 bridgehead atoms. The predicted molar refractivity (Wildman–Crippen MR) is 76.0 cm³/mol. The molecule has 0 saturated carbocycles. The molecule has 1 saturated heterocycles. The molecular weight excluding hydrogens is 264 g/mol. The van der Waals surface area contributed by atoms with Crippen molar-refractivity contribution in [3.63, 3.8) is 0 Å². The van der Waals surface area contributed by atoms with Gasteiger partial charge in [-0.05, 0) is 12.5 Å². The van der Waals surface area contributed by atoms with Crippen molar-refractivity contribution >= 4 is 34.1 Å². The second-order valence-corrected chi connectivity index (χ2v) is 6.37. The number of hydrogen-bond acceptors (Lipinski definition) is 4. The summed E-state index contributed by atoms with van der Waals surface area (Å²) >= 11 is 3.23. The van der Waals surface area contributed by atoms with Gasteiger partial charge in [-0.3, -0.25) is 9.69 Å². The zero-order valence-electron chi connectivity index (χ0n) is 9.87. The number of carbonyl (C=O) groups is 1.